The first-order chi connectivity index (χ1) is 18.6. The number of halogens is 1. The third-order valence-corrected chi connectivity index (χ3v) is 8.41. The molecule has 1 aromatic carbocycles. The third kappa shape index (κ3) is 12.4. The smallest absolute Gasteiger partial charge is 0.290 e. The highest BCUT2D eigenvalue weighted by Crippen LogP contribution is 2.37. The van der Waals surface area contributed by atoms with Gasteiger partial charge in [-0.3, -0.25) is 4.79 Å². The number of rotatable bonds is 11. The van der Waals surface area contributed by atoms with Crippen LogP contribution in [0.15, 0.2) is 24.4 Å². The number of aromatic nitrogens is 1. The molecule has 0 spiro atoms. The van der Waals surface area contributed by atoms with E-state index in [2.05, 4.69) is 61.8 Å². The molecule has 2 heterocycles. The molecule has 2 atom stereocenters. The van der Waals surface area contributed by atoms with Crippen molar-refractivity contribution in [2.45, 2.75) is 74.1 Å². The normalized spacial score (nSPS) is 17.6. The van der Waals surface area contributed by atoms with E-state index in [1.54, 1.807) is 17.4 Å². The van der Waals surface area contributed by atoms with E-state index in [-0.39, 0.29) is 12.3 Å². The van der Waals surface area contributed by atoms with Crippen molar-refractivity contribution in [2.24, 2.45) is 17.3 Å². The fourth-order valence-electron chi connectivity index (χ4n) is 4.89. The lowest BCUT2D eigenvalue weighted by atomic mass is 9.72. The molecule has 8 heteroatoms. The van der Waals surface area contributed by atoms with Crippen LogP contribution in [0, 0.1) is 23.1 Å². The molecule has 0 bridgehead atoms. The van der Waals surface area contributed by atoms with E-state index < -0.39 is 0 Å². The van der Waals surface area contributed by atoms with Crippen molar-refractivity contribution in [2.75, 3.05) is 51.6 Å². The highest BCUT2D eigenvalue weighted by molar-refractivity contribution is 7.15. The summed E-state index contributed by atoms with van der Waals surface area (Å²) in [7, 11) is 2.10. The Morgan fingerprint density at radius 1 is 1.26 bits per heavy atom. The first-order valence-corrected chi connectivity index (χ1v) is 15.4. The summed E-state index contributed by atoms with van der Waals surface area (Å²) in [5.74, 6) is 1.35. The van der Waals surface area contributed by atoms with Gasteiger partial charge in [-0.15, -0.1) is 11.3 Å². The van der Waals surface area contributed by atoms with Crippen LogP contribution in [0.5, 0.6) is 0 Å². The van der Waals surface area contributed by atoms with Gasteiger partial charge in [-0.25, -0.2) is 9.37 Å². The minimum absolute atomic E-state index is 0.205. The standard InChI is InChI=1S/C28H45FN4S.C2H6.CH2O2/c1-7-9-21-16-22(28(3,4)5)20-33(19-21)14-12-24-18-31-27(34-24)25-17-23(10-11-26(25)29)30-13-15-32(6)8-2;1-2;2-1-3/h10-11,17-18,21-22,30H,7-9,12-16,19-20H2,1-6H3;1-2H3;1H,(H,2,3). The predicted octanol–water partition coefficient (Wildman–Crippen LogP) is 7.37. The van der Waals surface area contributed by atoms with Gasteiger partial charge in [0, 0.05) is 55.0 Å². The number of hydrogen-bond donors (Lipinski definition) is 2. The highest BCUT2D eigenvalue weighted by Gasteiger charge is 2.33. The second-order valence-electron chi connectivity index (χ2n) is 11.2. The van der Waals surface area contributed by atoms with Crippen molar-refractivity contribution in [3.63, 3.8) is 0 Å². The number of carbonyl (C=O) groups is 1. The second-order valence-corrected chi connectivity index (χ2v) is 12.3. The average Bonchev–Trinajstić information content (AvgIpc) is 3.38. The fourth-order valence-corrected chi connectivity index (χ4v) is 5.81. The minimum Gasteiger partial charge on any atom is -0.483 e. The van der Waals surface area contributed by atoms with E-state index in [1.807, 2.05) is 32.2 Å². The first kappa shape index (κ1) is 35.0. The molecule has 1 aromatic heterocycles. The summed E-state index contributed by atoms with van der Waals surface area (Å²) in [6, 6.07) is 5.27. The van der Waals surface area contributed by atoms with Crippen molar-refractivity contribution in [3.8, 4) is 10.6 Å². The summed E-state index contributed by atoms with van der Waals surface area (Å²) >= 11 is 1.63. The van der Waals surface area contributed by atoms with E-state index in [0.717, 1.165) is 55.1 Å². The van der Waals surface area contributed by atoms with Crippen LogP contribution in [-0.2, 0) is 11.2 Å². The lowest BCUT2D eigenvalue weighted by Gasteiger charge is -2.43. The molecular weight excluding hydrogens is 511 g/mol. The van der Waals surface area contributed by atoms with Gasteiger partial charge in [-0.05, 0) is 68.3 Å². The number of hydrogen-bond acceptors (Lipinski definition) is 6. The maximum Gasteiger partial charge on any atom is 0.290 e. The van der Waals surface area contributed by atoms with Gasteiger partial charge in [0.25, 0.3) is 6.47 Å². The van der Waals surface area contributed by atoms with Gasteiger partial charge in [-0.1, -0.05) is 54.9 Å². The van der Waals surface area contributed by atoms with Crippen LogP contribution in [0.2, 0.25) is 0 Å². The first-order valence-electron chi connectivity index (χ1n) is 14.6. The zero-order chi connectivity index (χ0) is 29.4. The molecule has 6 nitrogen and oxygen atoms in total. The summed E-state index contributed by atoms with van der Waals surface area (Å²) in [6.07, 6.45) is 6.88. The quantitative estimate of drug-likeness (QED) is 0.278. The molecule has 1 saturated heterocycles. The van der Waals surface area contributed by atoms with Crippen molar-refractivity contribution in [1.29, 1.82) is 0 Å². The third-order valence-electron chi connectivity index (χ3n) is 7.32. The maximum absolute atomic E-state index is 14.6. The Kier molecular flexibility index (Phi) is 16.5. The van der Waals surface area contributed by atoms with Crippen LogP contribution in [0.4, 0.5) is 10.1 Å². The number of likely N-dealkylation sites (N-methyl/N-ethyl adjacent to an activating group) is 1. The fraction of sp³-hybridized carbons (Fsp3) is 0.677. The van der Waals surface area contributed by atoms with Gasteiger partial charge in [0.1, 0.15) is 10.8 Å². The van der Waals surface area contributed by atoms with Gasteiger partial charge < -0.3 is 20.2 Å². The van der Waals surface area contributed by atoms with Gasteiger partial charge in [0.15, 0.2) is 0 Å². The van der Waals surface area contributed by atoms with Gasteiger partial charge in [0.05, 0.1) is 0 Å². The van der Waals surface area contributed by atoms with Crippen molar-refractivity contribution in [1.82, 2.24) is 14.8 Å². The van der Waals surface area contributed by atoms with Crippen LogP contribution < -0.4 is 5.32 Å². The Balaban J connectivity index is 0.00000142. The number of nitrogens with zero attached hydrogens (tertiary/aromatic N) is 3. The Morgan fingerprint density at radius 3 is 2.56 bits per heavy atom. The summed E-state index contributed by atoms with van der Waals surface area (Å²) < 4.78 is 14.6. The van der Waals surface area contributed by atoms with E-state index >= 15 is 0 Å². The number of thiazole rings is 1. The van der Waals surface area contributed by atoms with Crippen LogP contribution in [0.25, 0.3) is 10.6 Å². The molecule has 2 aromatic rings. The molecule has 2 unspecified atom stereocenters. The average molecular weight is 565 g/mol. The van der Waals surface area contributed by atoms with Crippen LogP contribution in [0.3, 0.4) is 0 Å². The van der Waals surface area contributed by atoms with E-state index in [1.165, 1.54) is 37.2 Å². The number of anilines is 1. The molecule has 222 valence electrons. The SMILES string of the molecule is CC.CCCC1CC(C(C)(C)C)CN(CCc2cnc(-c3cc(NCCN(C)CC)ccc3F)s2)C1.O=CO. The Hall–Kier alpha value is -2.03. The molecule has 0 aliphatic carbocycles. The van der Waals surface area contributed by atoms with Gasteiger partial charge in [-0.2, -0.15) is 0 Å². The minimum atomic E-state index is -0.250. The monoisotopic (exact) mass is 564 g/mol. The number of nitrogens with one attached hydrogen (secondary N) is 1. The number of likely N-dealkylation sites (tertiary alicyclic amines) is 1. The molecule has 0 amide bonds. The molecule has 0 saturated carbocycles. The lowest BCUT2D eigenvalue weighted by molar-refractivity contribution is -0.122. The van der Waals surface area contributed by atoms with Crippen LogP contribution in [-0.4, -0.2) is 72.7 Å². The lowest BCUT2D eigenvalue weighted by Crippen LogP contribution is -2.45. The summed E-state index contributed by atoms with van der Waals surface area (Å²) in [6.45, 7) is 21.6. The molecular formula is C31H53FN4O2S. The highest BCUT2D eigenvalue weighted by atomic mass is 32.1. The maximum atomic E-state index is 14.6. The predicted molar refractivity (Wildman–Crippen MR) is 165 cm³/mol. The van der Waals surface area contributed by atoms with E-state index in [4.69, 9.17) is 9.90 Å². The largest absolute Gasteiger partial charge is 0.483 e. The Morgan fingerprint density at radius 2 is 1.95 bits per heavy atom. The zero-order valence-electron chi connectivity index (χ0n) is 25.6. The number of piperidine rings is 1. The number of carboxylic acid groups (broad SMARTS) is 1. The van der Waals surface area contributed by atoms with Gasteiger partial charge in [0.2, 0.25) is 0 Å². The molecule has 0 radical (unpaired) electrons. The van der Waals surface area contributed by atoms with E-state index in [0.29, 0.717) is 11.0 Å². The number of benzene rings is 1. The molecule has 1 aliphatic rings. The molecule has 3 rings (SSSR count). The van der Waals surface area contributed by atoms with E-state index in [9.17, 15) is 4.39 Å². The van der Waals surface area contributed by atoms with Crippen molar-refractivity contribution >= 4 is 23.5 Å². The Labute approximate surface area is 241 Å². The van der Waals surface area contributed by atoms with Crippen molar-refractivity contribution in [3.05, 3.63) is 35.1 Å². The Bertz CT molecular complexity index is 947. The molecule has 2 N–H and O–H groups in total. The topological polar surface area (TPSA) is 68.7 Å². The van der Waals surface area contributed by atoms with Gasteiger partial charge >= 0.3 is 0 Å². The zero-order valence-corrected chi connectivity index (χ0v) is 26.4. The molecule has 1 aliphatic heterocycles. The van der Waals surface area contributed by atoms with Crippen LogP contribution >= 0.6 is 11.3 Å². The van der Waals surface area contributed by atoms with Crippen molar-refractivity contribution < 1.29 is 14.3 Å². The second kappa shape index (κ2) is 18.3. The molecule has 39 heavy (non-hydrogen) atoms. The van der Waals surface area contributed by atoms with Crippen LogP contribution in [0.1, 0.15) is 72.6 Å². The summed E-state index contributed by atoms with van der Waals surface area (Å²) in [4.78, 5) is 19.1. The summed E-state index contributed by atoms with van der Waals surface area (Å²) in [5, 5.41) is 11.1. The summed E-state index contributed by atoms with van der Waals surface area (Å²) in [5.41, 5.74) is 1.89. The molecule has 1 fully saturated rings.